The lowest BCUT2D eigenvalue weighted by Gasteiger charge is -2.22. The van der Waals surface area contributed by atoms with Crippen LogP contribution in [0.5, 0.6) is 5.75 Å². The van der Waals surface area contributed by atoms with Gasteiger partial charge in [-0.15, -0.1) is 0 Å². The van der Waals surface area contributed by atoms with Crippen molar-refractivity contribution in [3.63, 3.8) is 0 Å². The Kier molecular flexibility index (Phi) is 3.53. The second-order valence-corrected chi connectivity index (χ2v) is 6.01. The third kappa shape index (κ3) is 2.35. The molecular formula is C15H17ClN2O3. The Morgan fingerprint density at radius 3 is 2.67 bits per heavy atom. The number of imide groups is 1. The van der Waals surface area contributed by atoms with Crippen LogP contribution in [0.25, 0.3) is 0 Å². The smallest absolute Gasteiger partial charge is 0.327 e. The van der Waals surface area contributed by atoms with Crippen LogP contribution in [0.3, 0.4) is 0 Å². The summed E-state index contributed by atoms with van der Waals surface area (Å²) in [5.74, 6) is 0.565. The van der Waals surface area contributed by atoms with E-state index in [0.717, 1.165) is 12.8 Å². The number of urea groups is 1. The van der Waals surface area contributed by atoms with Gasteiger partial charge in [-0.1, -0.05) is 11.6 Å². The number of nitrogens with zero attached hydrogens (tertiary/aromatic N) is 2. The number of carbonyl (C=O) groups excluding carboxylic acids is 2. The topological polar surface area (TPSA) is 49.9 Å². The van der Waals surface area contributed by atoms with Gasteiger partial charge in [-0.3, -0.25) is 9.69 Å². The van der Waals surface area contributed by atoms with Crippen LogP contribution in [0.15, 0.2) is 24.3 Å². The molecule has 2 fully saturated rings. The highest BCUT2D eigenvalue weighted by Gasteiger charge is 2.56. The van der Waals surface area contributed by atoms with Crippen molar-refractivity contribution in [3.8, 4) is 5.75 Å². The predicted octanol–water partition coefficient (Wildman–Crippen LogP) is 2.54. The molecule has 21 heavy (non-hydrogen) atoms. The van der Waals surface area contributed by atoms with Crippen LogP contribution in [0.4, 0.5) is 4.79 Å². The maximum absolute atomic E-state index is 12.4. The maximum Gasteiger partial charge on any atom is 0.327 e. The van der Waals surface area contributed by atoms with Crippen LogP contribution in [-0.4, -0.2) is 47.0 Å². The van der Waals surface area contributed by atoms with Crippen molar-refractivity contribution in [2.24, 2.45) is 0 Å². The summed E-state index contributed by atoms with van der Waals surface area (Å²) in [6, 6.07) is 6.80. The fourth-order valence-corrected chi connectivity index (χ4v) is 3.12. The first-order valence-electron chi connectivity index (χ1n) is 7.04. The first-order valence-corrected chi connectivity index (χ1v) is 7.42. The summed E-state index contributed by atoms with van der Waals surface area (Å²) in [6.45, 7) is 3.06. The van der Waals surface area contributed by atoms with Crippen molar-refractivity contribution < 1.29 is 14.3 Å². The van der Waals surface area contributed by atoms with Crippen LogP contribution in [0, 0.1) is 0 Å². The molecule has 112 valence electrons. The van der Waals surface area contributed by atoms with E-state index in [2.05, 4.69) is 0 Å². The minimum absolute atomic E-state index is 0.107. The number of fused-ring (bicyclic) bond motifs is 1. The minimum Gasteiger partial charge on any atom is -0.492 e. The van der Waals surface area contributed by atoms with Crippen molar-refractivity contribution >= 4 is 23.5 Å². The van der Waals surface area contributed by atoms with Crippen LogP contribution in [0.2, 0.25) is 5.02 Å². The molecule has 0 N–H and O–H groups in total. The van der Waals surface area contributed by atoms with E-state index in [1.165, 1.54) is 4.90 Å². The summed E-state index contributed by atoms with van der Waals surface area (Å²) in [5.41, 5.74) is -0.642. The number of halogens is 1. The number of rotatable bonds is 4. The zero-order valence-corrected chi connectivity index (χ0v) is 12.6. The Hall–Kier alpha value is -1.75. The van der Waals surface area contributed by atoms with Gasteiger partial charge in [0.15, 0.2) is 0 Å². The van der Waals surface area contributed by atoms with E-state index in [4.69, 9.17) is 16.3 Å². The van der Waals surface area contributed by atoms with Gasteiger partial charge in [-0.2, -0.15) is 0 Å². The Labute approximate surface area is 128 Å². The Morgan fingerprint density at radius 1 is 1.29 bits per heavy atom. The highest BCUT2D eigenvalue weighted by molar-refractivity contribution is 6.30. The monoisotopic (exact) mass is 308 g/mol. The Bertz CT molecular complexity index is 575. The molecular weight excluding hydrogens is 292 g/mol. The lowest BCUT2D eigenvalue weighted by molar-refractivity contribution is -0.132. The van der Waals surface area contributed by atoms with E-state index < -0.39 is 5.54 Å². The lowest BCUT2D eigenvalue weighted by atomic mass is 9.99. The molecule has 2 aliphatic rings. The first kappa shape index (κ1) is 14.2. The molecule has 0 bridgehead atoms. The molecule has 3 rings (SSSR count). The number of hydrogen-bond acceptors (Lipinski definition) is 3. The predicted molar refractivity (Wildman–Crippen MR) is 78.4 cm³/mol. The van der Waals surface area contributed by atoms with Crippen LogP contribution < -0.4 is 4.74 Å². The zero-order valence-electron chi connectivity index (χ0n) is 11.8. The first-order chi connectivity index (χ1) is 10.0. The molecule has 2 saturated heterocycles. The van der Waals surface area contributed by atoms with E-state index >= 15 is 0 Å². The van der Waals surface area contributed by atoms with Gasteiger partial charge in [0, 0.05) is 11.6 Å². The van der Waals surface area contributed by atoms with Gasteiger partial charge in [-0.05, 0) is 44.0 Å². The molecule has 2 aliphatic heterocycles. The molecule has 1 aromatic rings. The largest absolute Gasteiger partial charge is 0.492 e. The van der Waals surface area contributed by atoms with Gasteiger partial charge in [0.1, 0.15) is 17.9 Å². The number of ether oxygens (including phenoxy) is 1. The van der Waals surface area contributed by atoms with Crippen molar-refractivity contribution in [2.75, 3.05) is 19.7 Å². The molecule has 1 atom stereocenters. The number of benzene rings is 1. The molecule has 0 aliphatic carbocycles. The summed E-state index contributed by atoms with van der Waals surface area (Å²) in [4.78, 5) is 27.6. The van der Waals surface area contributed by atoms with Crippen molar-refractivity contribution in [1.82, 2.24) is 9.80 Å². The van der Waals surface area contributed by atoms with Gasteiger partial charge in [-0.25, -0.2) is 4.79 Å². The zero-order chi connectivity index (χ0) is 15.0. The highest BCUT2D eigenvalue weighted by Crippen LogP contribution is 2.37. The van der Waals surface area contributed by atoms with E-state index in [9.17, 15) is 9.59 Å². The van der Waals surface area contributed by atoms with Crippen LogP contribution >= 0.6 is 11.6 Å². The van der Waals surface area contributed by atoms with E-state index in [1.54, 1.807) is 29.2 Å². The number of carbonyl (C=O) groups is 2. The molecule has 1 unspecified atom stereocenters. The average molecular weight is 309 g/mol. The van der Waals surface area contributed by atoms with E-state index in [1.807, 2.05) is 6.92 Å². The SMILES string of the molecule is CC12CCCN1C(=O)N(CCOc1ccc(Cl)cc1)C2=O. The van der Waals surface area contributed by atoms with Crippen molar-refractivity contribution in [1.29, 1.82) is 0 Å². The van der Waals surface area contributed by atoms with Gasteiger partial charge in [0.25, 0.3) is 5.91 Å². The third-order valence-electron chi connectivity index (χ3n) is 4.21. The summed E-state index contributed by atoms with van der Waals surface area (Å²) in [5, 5.41) is 0.640. The lowest BCUT2D eigenvalue weighted by Crippen LogP contribution is -2.42. The van der Waals surface area contributed by atoms with Crippen LogP contribution in [0.1, 0.15) is 19.8 Å². The van der Waals surface area contributed by atoms with E-state index in [-0.39, 0.29) is 25.1 Å². The van der Waals surface area contributed by atoms with Gasteiger partial charge < -0.3 is 9.64 Å². The average Bonchev–Trinajstić information content (AvgIpc) is 2.93. The second kappa shape index (κ2) is 5.22. The minimum atomic E-state index is -0.642. The molecule has 1 aromatic carbocycles. The van der Waals surface area contributed by atoms with Crippen LogP contribution in [-0.2, 0) is 4.79 Å². The number of hydrogen-bond donors (Lipinski definition) is 0. The summed E-state index contributed by atoms with van der Waals surface area (Å²) in [7, 11) is 0. The van der Waals surface area contributed by atoms with Gasteiger partial charge >= 0.3 is 6.03 Å². The highest BCUT2D eigenvalue weighted by atomic mass is 35.5. The molecule has 2 heterocycles. The molecule has 0 radical (unpaired) electrons. The maximum atomic E-state index is 12.4. The fraction of sp³-hybridized carbons (Fsp3) is 0.467. The molecule has 6 heteroatoms. The molecule has 0 aromatic heterocycles. The summed E-state index contributed by atoms with van der Waals surface area (Å²) in [6.07, 6.45) is 1.63. The van der Waals surface area contributed by atoms with E-state index in [0.29, 0.717) is 17.3 Å². The van der Waals surface area contributed by atoms with Gasteiger partial charge in [0.2, 0.25) is 0 Å². The Balaban J connectivity index is 1.60. The molecule has 0 saturated carbocycles. The molecule has 5 nitrogen and oxygen atoms in total. The fourth-order valence-electron chi connectivity index (χ4n) is 3.00. The second-order valence-electron chi connectivity index (χ2n) is 5.57. The molecule has 0 spiro atoms. The van der Waals surface area contributed by atoms with Crippen molar-refractivity contribution in [3.05, 3.63) is 29.3 Å². The number of amides is 3. The van der Waals surface area contributed by atoms with Crippen molar-refractivity contribution in [2.45, 2.75) is 25.3 Å². The quantitative estimate of drug-likeness (QED) is 0.803. The third-order valence-corrected chi connectivity index (χ3v) is 4.46. The molecule has 3 amide bonds. The summed E-state index contributed by atoms with van der Waals surface area (Å²) >= 11 is 5.80. The van der Waals surface area contributed by atoms with Gasteiger partial charge in [0.05, 0.1) is 6.54 Å². The Morgan fingerprint density at radius 2 is 2.00 bits per heavy atom. The normalized spacial score (nSPS) is 24.7. The standard InChI is InChI=1S/C15H17ClN2O3/c1-15-7-2-8-18(15)14(20)17(13(15)19)9-10-21-12-5-3-11(16)4-6-12/h3-6H,2,7-10H2,1H3. The summed E-state index contributed by atoms with van der Waals surface area (Å²) < 4.78 is 5.55.